The normalized spacial score (nSPS) is 15.6. The molecule has 2 aliphatic rings. The molecular weight excluding hydrogens is 320 g/mol. The second-order valence-corrected chi connectivity index (χ2v) is 7.05. The maximum absolute atomic E-state index is 5.06. The highest BCUT2D eigenvalue weighted by molar-refractivity contribution is 5.83. The van der Waals surface area contributed by atoms with Crippen molar-refractivity contribution in [3.05, 3.63) is 71.3 Å². The fourth-order valence-electron chi connectivity index (χ4n) is 3.77. The van der Waals surface area contributed by atoms with E-state index in [9.17, 15) is 0 Å². The number of rotatable bonds is 3. The third-order valence-corrected chi connectivity index (χ3v) is 5.34. The quantitative estimate of drug-likeness (QED) is 0.770. The van der Waals surface area contributed by atoms with Gasteiger partial charge in [0.25, 0.3) is 0 Å². The van der Waals surface area contributed by atoms with Gasteiger partial charge in [0, 0.05) is 29.2 Å². The molecule has 0 bridgehead atoms. The van der Waals surface area contributed by atoms with Gasteiger partial charge in [-0.25, -0.2) is 0 Å². The van der Waals surface area contributed by atoms with Gasteiger partial charge in [0.15, 0.2) is 0 Å². The Hall–Kier alpha value is -2.88. The Morgan fingerprint density at radius 3 is 2.69 bits per heavy atom. The highest BCUT2D eigenvalue weighted by atomic mass is 15.3. The molecule has 0 radical (unpaired) electrons. The smallest absolute Gasteiger partial charge is 0.101 e. The molecule has 1 fully saturated rings. The molecular formula is C22H22N4. The van der Waals surface area contributed by atoms with Gasteiger partial charge in [-0.1, -0.05) is 25.1 Å². The van der Waals surface area contributed by atoms with Crippen molar-refractivity contribution in [2.45, 2.75) is 39.3 Å². The van der Waals surface area contributed by atoms with Crippen molar-refractivity contribution < 1.29 is 0 Å². The molecule has 4 heteroatoms. The number of nitrogens with zero attached hydrogens (tertiary/aromatic N) is 3. The van der Waals surface area contributed by atoms with Gasteiger partial charge >= 0.3 is 0 Å². The molecule has 0 spiro atoms. The molecule has 0 amide bonds. The zero-order valence-electron chi connectivity index (χ0n) is 15.0. The van der Waals surface area contributed by atoms with Gasteiger partial charge in [-0.05, 0) is 54.2 Å². The van der Waals surface area contributed by atoms with Gasteiger partial charge < -0.3 is 5.32 Å². The van der Waals surface area contributed by atoms with Gasteiger partial charge in [-0.15, -0.1) is 0 Å². The molecule has 1 aliphatic carbocycles. The number of fused-ring (bicyclic) bond motifs is 1. The topological polar surface area (TPSA) is 42.7 Å². The molecule has 1 aromatic carbocycles. The molecule has 0 saturated heterocycles. The van der Waals surface area contributed by atoms with Crippen molar-refractivity contribution >= 4 is 0 Å². The van der Waals surface area contributed by atoms with E-state index in [1.54, 1.807) is 5.57 Å². The summed E-state index contributed by atoms with van der Waals surface area (Å²) in [5.41, 5.74) is 10.2. The Labute approximate surface area is 153 Å². The monoisotopic (exact) mass is 342 g/mol. The lowest BCUT2D eigenvalue weighted by Gasteiger charge is -2.20. The summed E-state index contributed by atoms with van der Waals surface area (Å²) in [7, 11) is 0. The molecule has 5 rings (SSSR count). The highest BCUT2D eigenvalue weighted by Gasteiger charge is 2.27. The maximum atomic E-state index is 5.06. The number of aryl methyl sites for hydroxylation is 1. The largest absolute Gasteiger partial charge is 0.381 e. The minimum Gasteiger partial charge on any atom is -0.381 e. The van der Waals surface area contributed by atoms with Crippen LogP contribution in [0.15, 0.2) is 60.1 Å². The van der Waals surface area contributed by atoms with Crippen molar-refractivity contribution in [1.82, 2.24) is 20.1 Å². The number of allylic oxidation sites excluding steroid dienone is 2. The van der Waals surface area contributed by atoms with Gasteiger partial charge in [0.05, 0.1) is 18.8 Å². The van der Waals surface area contributed by atoms with E-state index < -0.39 is 0 Å². The molecule has 2 aromatic heterocycles. The summed E-state index contributed by atoms with van der Waals surface area (Å²) in [6.07, 6.45) is 7.23. The third kappa shape index (κ3) is 2.62. The summed E-state index contributed by atoms with van der Waals surface area (Å²) in [6.45, 7) is 3.88. The van der Waals surface area contributed by atoms with Crippen molar-refractivity contribution in [2.24, 2.45) is 0 Å². The average Bonchev–Trinajstić information content (AvgIpc) is 3.48. The highest BCUT2D eigenvalue weighted by Crippen LogP contribution is 2.38. The number of hydrogen-bond donors (Lipinski definition) is 1. The van der Waals surface area contributed by atoms with E-state index in [1.165, 1.54) is 46.5 Å². The van der Waals surface area contributed by atoms with Crippen LogP contribution in [-0.4, -0.2) is 14.8 Å². The van der Waals surface area contributed by atoms with E-state index in [1.807, 2.05) is 12.4 Å². The SMILES string of the molecule is CCc1cccc(-c2nn3c(c2-c2ccncc2)CNC(=C2CC2)C3)c1. The summed E-state index contributed by atoms with van der Waals surface area (Å²) in [5, 5.41) is 8.69. The molecule has 0 atom stereocenters. The molecule has 4 nitrogen and oxygen atoms in total. The lowest BCUT2D eigenvalue weighted by Crippen LogP contribution is -2.27. The van der Waals surface area contributed by atoms with E-state index in [0.29, 0.717) is 0 Å². The minimum absolute atomic E-state index is 0.830. The lowest BCUT2D eigenvalue weighted by molar-refractivity contribution is 0.537. The summed E-state index contributed by atoms with van der Waals surface area (Å²) in [6, 6.07) is 12.9. The molecule has 1 saturated carbocycles. The number of hydrogen-bond acceptors (Lipinski definition) is 3. The summed E-state index contributed by atoms with van der Waals surface area (Å²) < 4.78 is 2.20. The van der Waals surface area contributed by atoms with E-state index in [-0.39, 0.29) is 0 Å². The first kappa shape index (κ1) is 15.4. The van der Waals surface area contributed by atoms with E-state index in [2.05, 4.69) is 58.3 Å². The molecule has 3 heterocycles. The van der Waals surface area contributed by atoms with E-state index in [0.717, 1.165) is 25.2 Å². The van der Waals surface area contributed by atoms with Crippen LogP contribution in [-0.2, 0) is 19.5 Å². The van der Waals surface area contributed by atoms with Gasteiger partial charge in [-0.2, -0.15) is 5.10 Å². The zero-order valence-corrected chi connectivity index (χ0v) is 15.0. The molecule has 0 unspecified atom stereocenters. The van der Waals surface area contributed by atoms with E-state index >= 15 is 0 Å². The van der Waals surface area contributed by atoms with Crippen molar-refractivity contribution in [1.29, 1.82) is 0 Å². The number of pyridine rings is 1. The Bertz CT molecular complexity index is 992. The maximum Gasteiger partial charge on any atom is 0.101 e. The van der Waals surface area contributed by atoms with Crippen molar-refractivity contribution in [3.8, 4) is 22.4 Å². The molecule has 26 heavy (non-hydrogen) atoms. The summed E-state index contributed by atoms with van der Waals surface area (Å²) >= 11 is 0. The van der Waals surface area contributed by atoms with Crippen LogP contribution in [0.5, 0.6) is 0 Å². The number of nitrogens with one attached hydrogen (secondary N) is 1. The molecule has 3 aromatic rings. The van der Waals surface area contributed by atoms with Crippen LogP contribution in [0, 0.1) is 0 Å². The minimum atomic E-state index is 0.830. The Morgan fingerprint density at radius 2 is 1.92 bits per heavy atom. The molecule has 1 aliphatic heterocycles. The third-order valence-electron chi connectivity index (χ3n) is 5.34. The Kier molecular flexibility index (Phi) is 3.63. The van der Waals surface area contributed by atoms with Gasteiger partial charge in [0.1, 0.15) is 5.69 Å². The van der Waals surface area contributed by atoms with Crippen LogP contribution in [0.2, 0.25) is 0 Å². The first-order chi connectivity index (χ1) is 12.8. The second kappa shape index (κ2) is 6.13. The molecule has 130 valence electrons. The first-order valence-corrected chi connectivity index (χ1v) is 9.37. The van der Waals surface area contributed by atoms with Crippen molar-refractivity contribution in [3.63, 3.8) is 0 Å². The van der Waals surface area contributed by atoms with Crippen LogP contribution in [0.1, 0.15) is 31.0 Å². The van der Waals surface area contributed by atoms with Crippen LogP contribution in [0.4, 0.5) is 0 Å². The van der Waals surface area contributed by atoms with Crippen LogP contribution >= 0.6 is 0 Å². The van der Waals surface area contributed by atoms with Crippen molar-refractivity contribution in [2.75, 3.05) is 0 Å². The lowest BCUT2D eigenvalue weighted by atomic mass is 9.97. The fraction of sp³-hybridized carbons (Fsp3) is 0.273. The van der Waals surface area contributed by atoms with Crippen LogP contribution < -0.4 is 5.32 Å². The second-order valence-electron chi connectivity index (χ2n) is 7.05. The number of benzene rings is 1. The van der Waals surface area contributed by atoms with Crippen LogP contribution in [0.25, 0.3) is 22.4 Å². The van der Waals surface area contributed by atoms with Gasteiger partial charge in [-0.3, -0.25) is 9.67 Å². The summed E-state index contributed by atoms with van der Waals surface area (Å²) in [5.74, 6) is 0. The van der Waals surface area contributed by atoms with Gasteiger partial charge in [0.2, 0.25) is 0 Å². The first-order valence-electron chi connectivity index (χ1n) is 9.37. The van der Waals surface area contributed by atoms with E-state index in [4.69, 9.17) is 5.10 Å². The predicted octanol–water partition coefficient (Wildman–Crippen LogP) is 4.33. The summed E-state index contributed by atoms with van der Waals surface area (Å²) in [4.78, 5) is 4.19. The molecule has 1 N–H and O–H groups in total. The van der Waals surface area contributed by atoms with Crippen LogP contribution in [0.3, 0.4) is 0 Å². The Morgan fingerprint density at radius 1 is 1.08 bits per heavy atom. The predicted molar refractivity (Wildman–Crippen MR) is 103 cm³/mol. The number of aromatic nitrogens is 3. The average molecular weight is 342 g/mol. The fourth-order valence-corrected chi connectivity index (χ4v) is 3.77. The standard InChI is InChI=1S/C22H22N4/c1-2-15-4-3-5-18(12-15)22-21(17-8-10-23-11-9-17)20-13-24-19(16-6-7-16)14-26(20)25-22/h3-5,8-12,24H,2,6-7,13-14H2,1H3. The Balaban J connectivity index is 1.69. The zero-order chi connectivity index (χ0) is 17.5.